The first kappa shape index (κ1) is 9.07. The molecular formula is C10H13O2. The third-order valence-electron chi connectivity index (χ3n) is 1.32. The van der Waals surface area contributed by atoms with Crippen LogP contribution < -0.4 is 4.74 Å². The Morgan fingerprint density at radius 1 is 1.25 bits per heavy atom. The van der Waals surface area contributed by atoms with Gasteiger partial charge in [0, 0.05) is 0 Å². The van der Waals surface area contributed by atoms with Gasteiger partial charge in [0.15, 0.2) is 0 Å². The lowest BCUT2D eigenvalue weighted by molar-refractivity contribution is 0.0924. The van der Waals surface area contributed by atoms with E-state index in [4.69, 9.17) is 9.47 Å². The lowest BCUT2D eigenvalue weighted by atomic mass is 10.3. The molecule has 12 heavy (non-hydrogen) atoms. The van der Waals surface area contributed by atoms with E-state index in [9.17, 15) is 0 Å². The van der Waals surface area contributed by atoms with Crippen LogP contribution in [-0.2, 0) is 4.74 Å². The lowest BCUT2D eigenvalue weighted by Gasteiger charge is -2.03. The van der Waals surface area contributed by atoms with Gasteiger partial charge in [0.2, 0.25) is 0 Å². The molecule has 0 amide bonds. The minimum absolute atomic E-state index is 0.701. The molecule has 0 aromatic heterocycles. The van der Waals surface area contributed by atoms with Crippen molar-refractivity contribution >= 4 is 0 Å². The van der Waals surface area contributed by atoms with Crippen LogP contribution in [-0.4, -0.2) is 6.61 Å². The number of ether oxygens (including phenoxy) is 2. The molecule has 65 valence electrons. The molecule has 2 nitrogen and oxygen atoms in total. The fourth-order valence-corrected chi connectivity index (χ4v) is 0.755. The van der Waals surface area contributed by atoms with Gasteiger partial charge in [0.1, 0.15) is 5.75 Å². The van der Waals surface area contributed by atoms with Crippen molar-refractivity contribution in [1.82, 2.24) is 0 Å². The summed E-state index contributed by atoms with van der Waals surface area (Å²) in [6.45, 7) is 4.13. The van der Waals surface area contributed by atoms with Crippen molar-refractivity contribution < 1.29 is 9.47 Å². The summed E-state index contributed by atoms with van der Waals surface area (Å²) in [6.07, 6.45) is 0.995. The Bertz CT molecular complexity index is 196. The van der Waals surface area contributed by atoms with Gasteiger partial charge in [-0.05, 0) is 18.6 Å². The van der Waals surface area contributed by atoms with Gasteiger partial charge in [0.05, 0.1) is 6.61 Å². The molecule has 1 rings (SSSR count). The Hall–Kier alpha value is -1.02. The first-order valence-electron chi connectivity index (χ1n) is 4.08. The molecule has 0 saturated heterocycles. The number of hydrogen-bond donors (Lipinski definition) is 0. The summed E-state index contributed by atoms with van der Waals surface area (Å²) in [5.74, 6) is 0.800. The standard InChI is InChI=1S/C10H13O2/c1-2-8-11-9-12-10-6-4-3-5-7-10/h3-7,9H,2,8H2,1H3. The molecule has 0 atom stereocenters. The maximum absolute atomic E-state index is 5.16. The second-order valence-electron chi connectivity index (χ2n) is 2.40. The normalized spacial score (nSPS) is 9.75. The smallest absolute Gasteiger partial charge is 0.263 e. The highest BCUT2D eigenvalue weighted by Crippen LogP contribution is 2.09. The molecular weight excluding hydrogens is 152 g/mol. The molecule has 0 aliphatic carbocycles. The van der Waals surface area contributed by atoms with Gasteiger partial charge >= 0.3 is 0 Å². The van der Waals surface area contributed by atoms with E-state index >= 15 is 0 Å². The van der Waals surface area contributed by atoms with Crippen LogP contribution in [0.25, 0.3) is 0 Å². The molecule has 0 unspecified atom stereocenters. The molecule has 1 aromatic carbocycles. The average Bonchev–Trinajstić information content (AvgIpc) is 2.14. The van der Waals surface area contributed by atoms with E-state index in [-0.39, 0.29) is 0 Å². The van der Waals surface area contributed by atoms with Gasteiger partial charge in [-0.1, -0.05) is 25.1 Å². The second-order valence-corrected chi connectivity index (χ2v) is 2.40. The Kier molecular flexibility index (Phi) is 4.24. The van der Waals surface area contributed by atoms with Gasteiger partial charge in [-0.25, -0.2) is 0 Å². The highest BCUT2D eigenvalue weighted by Gasteiger charge is 1.90. The number of benzene rings is 1. The van der Waals surface area contributed by atoms with E-state index in [0.717, 1.165) is 12.2 Å². The number of rotatable bonds is 5. The van der Waals surface area contributed by atoms with Crippen molar-refractivity contribution in [2.75, 3.05) is 6.61 Å². The molecule has 0 aliphatic rings. The van der Waals surface area contributed by atoms with Crippen LogP contribution in [0.15, 0.2) is 30.3 Å². The largest absolute Gasteiger partial charge is 0.458 e. The van der Waals surface area contributed by atoms with Crippen LogP contribution in [0.5, 0.6) is 5.75 Å². The summed E-state index contributed by atoms with van der Waals surface area (Å²) in [6, 6.07) is 9.54. The predicted molar refractivity (Wildman–Crippen MR) is 47.6 cm³/mol. The van der Waals surface area contributed by atoms with Gasteiger partial charge in [-0.3, -0.25) is 0 Å². The van der Waals surface area contributed by atoms with Crippen molar-refractivity contribution in [3.63, 3.8) is 0 Å². The maximum Gasteiger partial charge on any atom is 0.263 e. The zero-order valence-corrected chi connectivity index (χ0v) is 7.19. The SMILES string of the molecule is CCCO[CH]Oc1ccccc1. The van der Waals surface area contributed by atoms with E-state index in [1.54, 1.807) is 0 Å². The molecule has 0 fully saturated rings. The second kappa shape index (κ2) is 5.61. The fourth-order valence-electron chi connectivity index (χ4n) is 0.755. The summed E-state index contributed by atoms with van der Waals surface area (Å²) in [7, 11) is 0. The van der Waals surface area contributed by atoms with E-state index < -0.39 is 0 Å². The molecule has 0 aliphatic heterocycles. The van der Waals surface area contributed by atoms with Crippen LogP contribution in [0.4, 0.5) is 0 Å². The molecule has 2 heteroatoms. The van der Waals surface area contributed by atoms with Crippen LogP contribution >= 0.6 is 0 Å². The summed E-state index contributed by atoms with van der Waals surface area (Å²) in [5, 5.41) is 0. The summed E-state index contributed by atoms with van der Waals surface area (Å²) in [4.78, 5) is 0. The Labute approximate surface area is 73.1 Å². The number of hydrogen-bond acceptors (Lipinski definition) is 2. The molecule has 1 radical (unpaired) electrons. The molecule has 0 bridgehead atoms. The van der Waals surface area contributed by atoms with Crippen LogP contribution in [0.2, 0.25) is 0 Å². The van der Waals surface area contributed by atoms with E-state index in [1.807, 2.05) is 30.3 Å². The number of para-hydroxylation sites is 1. The third kappa shape index (κ3) is 3.39. The van der Waals surface area contributed by atoms with Crippen LogP contribution in [0, 0.1) is 6.79 Å². The highest BCUT2D eigenvalue weighted by atomic mass is 16.7. The Morgan fingerprint density at radius 3 is 2.67 bits per heavy atom. The zero-order valence-electron chi connectivity index (χ0n) is 7.19. The Balaban J connectivity index is 2.16. The lowest BCUT2D eigenvalue weighted by Crippen LogP contribution is -1.96. The minimum Gasteiger partial charge on any atom is -0.458 e. The molecule has 1 aromatic rings. The molecule has 0 heterocycles. The van der Waals surface area contributed by atoms with Crippen LogP contribution in [0.1, 0.15) is 13.3 Å². The zero-order chi connectivity index (χ0) is 8.65. The average molecular weight is 165 g/mol. The van der Waals surface area contributed by atoms with E-state index in [2.05, 4.69) is 6.92 Å². The van der Waals surface area contributed by atoms with E-state index in [0.29, 0.717) is 6.61 Å². The summed E-state index contributed by atoms with van der Waals surface area (Å²) < 4.78 is 10.2. The molecule has 0 saturated carbocycles. The minimum atomic E-state index is 0.701. The first-order chi connectivity index (χ1) is 5.93. The fraction of sp³-hybridized carbons (Fsp3) is 0.300. The summed E-state index contributed by atoms with van der Waals surface area (Å²) in [5.41, 5.74) is 0. The monoisotopic (exact) mass is 165 g/mol. The summed E-state index contributed by atoms with van der Waals surface area (Å²) >= 11 is 0. The van der Waals surface area contributed by atoms with Gasteiger partial charge < -0.3 is 9.47 Å². The van der Waals surface area contributed by atoms with Gasteiger partial charge in [0.25, 0.3) is 6.79 Å². The van der Waals surface area contributed by atoms with Crippen molar-refractivity contribution in [1.29, 1.82) is 0 Å². The van der Waals surface area contributed by atoms with Gasteiger partial charge in [-0.2, -0.15) is 0 Å². The van der Waals surface area contributed by atoms with Crippen molar-refractivity contribution in [3.05, 3.63) is 37.1 Å². The van der Waals surface area contributed by atoms with Gasteiger partial charge in [-0.15, -0.1) is 0 Å². The highest BCUT2D eigenvalue weighted by molar-refractivity contribution is 5.21. The topological polar surface area (TPSA) is 18.5 Å². The van der Waals surface area contributed by atoms with Crippen molar-refractivity contribution in [2.45, 2.75) is 13.3 Å². The first-order valence-corrected chi connectivity index (χ1v) is 4.08. The molecule has 0 spiro atoms. The van der Waals surface area contributed by atoms with Crippen molar-refractivity contribution in [2.24, 2.45) is 0 Å². The van der Waals surface area contributed by atoms with E-state index in [1.165, 1.54) is 6.79 Å². The maximum atomic E-state index is 5.16. The predicted octanol–water partition coefficient (Wildman–Crippen LogP) is 2.61. The molecule has 0 N–H and O–H groups in total. The van der Waals surface area contributed by atoms with Crippen LogP contribution in [0.3, 0.4) is 0 Å². The van der Waals surface area contributed by atoms with Crippen molar-refractivity contribution in [3.8, 4) is 5.75 Å². The quantitative estimate of drug-likeness (QED) is 0.624. The third-order valence-corrected chi connectivity index (χ3v) is 1.32. The Morgan fingerprint density at radius 2 is 2.00 bits per heavy atom.